The second-order valence-corrected chi connectivity index (χ2v) is 5.97. The summed E-state index contributed by atoms with van der Waals surface area (Å²) in [6.07, 6.45) is -3.79. The van der Waals surface area contributed by atoms with Gasteiger partial charge in [-0.05, 0) is 5.92 Å². The fraction of sp³-hybridized carbons (Fsp3) is 0.714. The lowest BCUT2D eigenvalue weighted by molar-refractivity contribution is -0.153. The number of rotatable bonds is 6. The minimum absolute atomic E-state index is 0.0795. The monoisotopic (exact) mass is 358 g/mol. The molecule has 5 N–H and O–H groups in total. The predicted molar refractivity (Wildman–Crippen MR) is 83.4 cm³/mol. The van der Waals surface area contributed by atoms with E-state index < -0.39 is 47.8 Å². The number of aromatic nitrogens is 3. The molecule has 2 heterocycles. The molecule has 1 aliphatic heterocycles. The van der Waals surface area contributed by atoms with Gasteiger partial charge in [0.1, 0.15) is 37.2 Å². The van der Waals surface area contributed by atoms with Gasteiger partial charge < -0.3 is 25.4 Å². The molecule has 2 rings (SSSR count). The lowest BCUT2D eigenvalue weighted by atomic mass is 10.0. The maximum atomic E-state index is 11.9. The number of H-pyrrole nitrogens is 1. The molecule has 6 atom stereocenters. The highest BCUT2D eigenvalue weighted by Gasteiger charge is 2.45. The Morgan fingerprint density at radius 2 is 2.16 bits per heavy atom. The fourth-order valence-electron chi connectivity index (χ4n) is 2.36. The molecule has 1 fully saturated rings. The van der Waals surface area contributed by atoms with E-state index in [0.717, 1.165) is 6.20 Å². The Morgan fingerprint density at radius 3 is 2.76 bits per heavy atom. The van der Waals surface area contributed by atoms with Crippen molar-refractivity contribution in [3.8, 4) is 0 Å². The van der Waals surface area contributed by atoms with Crippen LogP contribution in [0.5, 0.6) is 0 Å². The molecule has 0 unspecified atom stereocenters. The molecule has 0 aromatic carbocycles. The van der Waals surface area contributed by atoms with Gasteiger partial charge in [0.25, 0.3) is 5.56 Å². The summed E-state index contributed by atoms with van der Waals surface area (Å²) in [5.74, 6) is -0.730. The Labute approximate surface area is 142 Å². The lowest BCUT2D eigenvalue weighted by Gasteiger charge is -2.19. The van der Waals surface area contributed by atoms with E-state index in [9.17, 15) is 24.6 Å². The first-order chi connectivity index (χ1) is 11.8. The van der Waals surface area contributed by atoms with Crippen molar-refractivity contribution in [3.05, 3.63) is 27.0 Å². The van der Waals surface area contributed by atoms with Crippen LogP contribution >= 0.6 is 0 Å². The van der Waals surface area contributed by atoms with E-state index >= 15 is 0 Å². The van der Waals surface area contributed by atoms with Gasteiger partial charge in [-0.3, -0.25) is 14.6 Å². The summed E-state index contributed by atoms with van der Waals surface area (Å²) < 4.78 is 11.1. The molecule has 0 amide bonds. The number of hydrogen-bond donors (Lipinski definition) is 4. The van der Waals surface area contributed by atoms with Crippen LogP contribution in [0.15, 0.2) is 15.8 Å². The third-order valence-electron chi connectivity index (χ3n) is 4.23. The summed E-state index contributed by atoms with van der Waals surface area (Å²) in [7, 11) is 0. The van der Waals surface area contributed by atoms with Crippen LogP contribution in [0.2, 0.25) is 0 Å². The van der Waals surface area contributed by atoms with E-state index in [4.69, 9.17) is 15.2 Å². The second-order valence-electron chi connectivity index (χ2n) is 5.97. The molecule has 11 heteroatoms. The van der Waals surface area contributed by atoms with Gasteiger partial charge in [-0.15, -0.1) is 0 Å². The van der Waals surface area contributed by atoms with Crippen molar-refractivity contribution in [3.63, 3.8) is 0 Å². The average molecular weight is 358 g/mol. The summed E-state index contributed by atoms with van der Waals surface area (Å²) in [6.45, 7) is 3.34. The minimum Gasteiger partial charge on any atom is -0.462 e. The van der Waals surface area contributed by atoms with Crippen LogP contribution in [0.1, 0.15) is 26.5 Å². The van der Waals surface area contributed by atoms with Gasteiger partial charge in [-0.2, -0.15) is 9.78 Å². The highest BCUT2D eigenvalue weighted by atomic mass is 16.6. The van der Waals surface area contributed by atoms with Crippen LogP contribution < -0.4 is 17.0 Å². The Morgan fingerprint density at radius 1 is 1.48 bits per heavy atom. The number of carbonyl (C=O) groups excluding carboxylic acids is 1. The van der Waals surface area contributed by atoms with Crippen molar-refractivity contribution in [2.24, 2.45) is 11.7 Å². The van der Waals surface area contributed by atoms with Crippen molar-refractivity contribution in [1.29, 1.82) is 0 Å². The van der Waals surface area contributed by atoms with Crippen LogP contribution in [0.4, 0.5) is 0 Å². The number of ether oxygens (including phenoxy) is 2. The zero-order chi connectivity index (χ0) is 18.7. The first-order valence-corrected chi connectivity index (χ1v) is 7.88. The lowest BCUT2D eigenvalue weighted by Crippen LogP contribution is -2.41. The molecular weight excluding hydrogens is 336 g/mol. The van der Waals surface area contributed by atoms with E-state index in [1.165, 1.54) is 0 Å². The summed E-state index contributed by atoms with van der Waals surface area (Å²) >= 11 is 0. The van der Waals surface area contributed by atoms with Crippen molar-refractivity contribution in [2.75, 3.05) is 6.61 Å². The molecule has 1 aromatic heterocycles. The third kappa shape index (κ3) is 4.12. The summed E-state index contributed by atoms with van der Waals surface area (Å²) in [6, 6.07) is -0.812. The van der Waals surface area contributed by atoms with Gasteiger partial charge in [0.2, 0.25) is 0 Å². The number of aliphatic hydroxyl groups is 2. The standard InChI is InChI=1S/C14H22N4O7/c1-3-6(2)9(15)13(22)24-5-7-10(20)11(21)12(25-7)18-14(23)17-8(19)4-16-18/h4,6-7,9-12,20-21H,3,5,15H2,1-2H3,(H,17,19,23)/t6-,7+,9-,10+,11+,12+/m0/s1. The number of hydrogen-bond acceptors (Lipinski definition) is 9. The molecule has 0 saturated carbocycles. The molecule has 140 valence electrons. The van der Waals surface area contributed by atoms with Crippen molar-refractivity contribution in [1.82, 2.24) is 14.8 Å². The van der Waals surface area contributed by atoms with E-state index in [-0.39, 0.29) is 12.5 Å². The highest BCUT2D eigenvalue weighted by Crippen LogP contribution is 2.28. The zero-order valence-corrected chi connectivity index (χ0v) is 13.9. The quantitative estimate of drug-likeness (QED) is 0.400. The molecule has 1 saturated heterocycles. The van der Waals surface area contributed by atoms with E-state index in [1.54, 1.807) is 6.92 Å². The molecule has 25 heavy (non-hydrogen) atoms. The number of aromatic amines is 1. The number of nitrogens with one attached hydrogen (secondary N) is 1. The minimum atomic E-state index is -1.50. The first-order valence-electron chi connectivity index (χ1n) is 7.88. The maximum Gasteiger partial charge on any atom is 0.347 e. The maximum absolute atomic E-state index is 11.9. The first kappa shape index (κ1) is 19.2. The highest BCUT2D eigenvalue weighted by molar-refractivity contribution is 5.75. The molecule has 0 bridgehead atoms. The average Bonchev–Trinajstić information content (AvgIpc) is 2.86. The van der Waals surface area contributed by atoms with E-state index in [0.29, 0.717) is 11.1 Å². The zero-order valence-electron chi connectivity index (χ0n) is 13.9. The van der Waals surface area contributed by atoms with E-state index in [1.807, 2.05) is 11.9 Å². The smallest absolute Gasteiger partial charge is 0.347 e. The van der Waals surface area contributed by atoms with Crippen LogP contribution in [0, 0.1) is 5.92 Å². The number of aliphatic hydroxyl groups excluding tert-OH is 2. The van der Waals surface area contributed by atoms with Crippen LogP contribution in [0.25, 0.3) is 0 Å². The van der Waals surface area contributed by atoms with E-state index in [2.05, 4.69) is 5.10 Å². The SMILES string of the molecule is CC[C@H](C)[C@H](N)C(=O)OC[C@H]1O[C@@H](n2ncc(=O)[nH]c2=O)[C@H](O)[C@@H]1O. The summed E-state index contributed by atoms with van der Waals surface area (Å²) in [4.78, 5) is 36.6. The molecule has 0 radical (unpaired) electrons. The fourth-order valence-corrected chi connectivity index (χ4v) is 2.36. The summed E-state index contributed by atoms with van der Waals surface area (Å²) in [5, 5.41) is 23.6. The number of esters is 1. The van der Waals surface area contributed by atoms with Crippen molar-refractivity contribution < 1.29 is 24.5 Å². The third-order valence-corrected chi connectivity index (χ3v) is 4.23. The van der Waals surface area contributed by atoms with Gasteiger partial charge in [0.05, 0.1) is 0 Å². The molecule has 0 spiro atoms. The van der Waals surface area contributed by atoms with Gasteiger partial charge in [0.15, 0.2) is 6.23 Å². The second kappa shape index (κ2) is 7.87. The van der Waals surface area contributed by atoms with Crippen LogP contribution in [0.3, 0.4) is 0 Å². The van der Waals surface area contributed by atoms with Gasteiger partial charge in [-0.1, -0.05) is 20.3 Å². The summed E-state index contributed by atoms with van der Waals surface area (Å²) in [5.41, 5.74) is 4.14. The number of nitrogens with two attached hydrogens (primary N) is 1. The molecular formula is C14H22N4O7. The normalized spacial score (nSPS) is 28.5. The Bertz CT molecular complexity index is 718. The van der Waals surface area contributed by atoms with Crippen molar-refractivity contribution in [2.45, 2.75) is 50.8 Å². The van der Waals surface area contributed by atoms with Gasteiger partial charge in [0, 0.05) is 0 Å². The number of nitrogens with zero attached hydrogens (tertiary/aromatic N) is 2. The predicted octanol–water partition coefficient (Wildman–Crippen LogP) is -2.53. The molecule has 1 aliphatic rings. The Kier molecular flexibility index (Phi) is 6.06. The topological polar surface area (TPSA) is 170 Å². The van der Waals surface area contributed by atoms with Crippen LogP contribution in [-0.2, 0) is 14.3 Å². The Balaban J connectivity index is 2.03. The Hall–Kier alpha value is -2.08. The van der Waals surface area contributed by atoms with Gasteiger partial charge >= 0.3 is 11.7 Å². The van der Waals surface area contributed by atoms with Gasteiger partial charge in [-0.25, -0.2) is 4.79 Å². The van der Waals surface area contributed by atoms with Crippen LogP contribution in [-0.4, -0.2) is 61.9 Å². The molecule has 1 aromatic rings. The molecule has 11 nitrogen and oxygen atoms in total. The molecule has 0 aliphatic carbocycles. The van der Waals surface area contributed by atoms with Crippen molar-refractivity contribution >= 4 is 5.97 Å². The largest absolute Gasteiger partial charge is 0.462 e. The number of carbonyl (C=O) groups is 1.